The van der Waals surface area contributed by atoms with E-state index in [0.29, 0.717) is 6.10 Å². The summed E-state index contributed by atoms with van der Waals surface area (Å²) in [4.78, 5) is 0. The van der Waals surface area contributed by atoms with E-state index in [9.17, 15) is 0 Å². The van der Waals surface area contributed by atoms with Crippen molar-refractivity contribution in [2.75, 3.05) is 6.61 Å². The lowest BCUT2D eigenvalue weighted by molar-refractivity contribution is 0.0572. The van der Waals surface area contributed by atoms with Gasteiger partial charge in [-0.05, 0) is 25.7 Å². The largest absolute Gasteiger partial charge is 0.378 e. The number of ether oxygens (including phenoxy) is 1. The molecule has 0 aromatic heterocycles. The van der Waals surface area contributed by atoms with Crippen LogP contribution in [0.5, 0.6) is 0 Å². The summed E-state index contributed by atoms with van der Waals surface area (Å²) >= 11 is 0. The fraction of sp³-hybridized carbons (Fsp3) is 0.800. The van der Waals surface area contributed by atoms with Gasteiger partial charge in [-0.15, -0.1) is 6.58 Å². The van der Waals surface area contributed by atoms with E-state index in [1.807, 2.05) is 6.08 Å². The van der Waals surface area contributed by atoms with Crippen LogP contribution in [-0.4, -0.2) is 12.7 Å². The SMILES string of the molecule is C=CCCCOC1CCCC1. The second-order valence-electron chi connectivity index (χ2n) is 3.21. The number of hydrogen-bond acceptors (Lipinski definition) is 1. The number of rotatable bonds is 5. The van der Waals surface area contributed by atoms with Crippen LogP contribution in [0.1, 0.15) is 38.5 Å². The third-order valence-electron chi connectivity index (χ3n) is 2.21. The summed E-state index contributed by atoms with van der Waals surface area (Å²) in [6.07, 6.45) is 10.1. The van der Waals surface area contributed by atoms with Crippen LogP contribution in [0.3, 0.4) is 0 Å². The summed E-state index contributed by atoms with van der Waals surface area (Å²) < 4.78 is 5.66. The van der Waals surface area contributed by atoms with Gasteiger partial charge >= 0.3 is 0 Å². The zero-order chi connectivity index (χ0) is 7.94. The fourth-order valence-electron chi connectivity index (χ4n) is 1.53. The molecule has 1 heteroatoms. The van der Waals surface area contributed by atoms with Gasteiger partial charge in [0.05, 0.1) is 6.10 Å². The van der Waals surface area contributed by atoms with Crippen LogP contribution < -0.4 is 0 Å². The Hall–Kier alpha value is -0.300. The Bertz CT molecular complexity index is 103. The quantitative estimate of drug-likeness (QED) is 0.437. The van der Waals surface area contributed by atoms with Gasteiger partial charge in [-0.25, -0.2) is 0 Å². The van der Waals surface area contributed by atoms with Crippen molar-refractivity contribution in [3.05, 3.63) is 12.7 Å². The van der Waals surface area contributed by atoms with Crippen molar-refractivity contribution in [3.63, 3.8) is 0 Å². The monoisotopic (exact) mass is 154 g/mol. The van der Waals surface area contributed by atoms with Crippen LogP contribution >= 0.6 is 0 Å². The van der Waals surface area contributed by atoms with E-state index in [-0.39, 0.29) is 0 Å². The summed E-state index contributed by atoms with van der Waals surface area (Å²) in [5.41, 5.74) is 0. The van der Waals surface area contributed by atoms with Gasteiger partial charge in [0.15, 0.2) is 0 Å². The van der Waals surface area contributed by atoms with E-state index in [1.165, 1.54) is 25.7 Å². The first-order chi connectivity index (χ1) is 5.43. The van der Waals surface area contributed by atoms with E-state index in [1.54, 1.807) is 0 Å². The van der Waals surface area contributed by atoms with Crippen molar-refractivity contribution in [1.82, 2.24) is 0 Å². The molecule has 11 heavy (non-hydrogen) atoms. The Balaban J connectivity index is 1.89. The second kappa shape index (κ2) is 5.36. The molecule has 0 radical (unpaired) electrons. The standard InChI is InChI=1S/C10H18O/c1-2-3-6-9-11-10-7-4-5-8-10/h2,10H,1,3-9H2. The maximum atomic E-state index is 5.66. The maximum Gasteiger partial charge on any atom is 0.0575 e. The van der Waals surface area contributed by atoms with Gasteiger partial charge < -0.3 is 4.74 Å². The minimum atomic E-state index is 0.583. The van der Waals surface area contributed by atoms with Crippen molar-refractivity contribution in [1.29, 1.82) is 0 Å². The van der Waals surface area contributed by atoms with Crippen LogP contribution in [0.4, 0.5) is 0 Å². The first-order valence-corrected chi connectivity index (χ1v) is 4.66. The Morgan fingerprint density at radius 1 is 1.36 bits per heavy atom. The molecular formula is C10H18O. The summed E-state index contributed by atoms with van der Waals surface area (Å²) in [6.45, 7) is 4.60. The van der Waals surface area contributed by atoms with Crippen LogP contribution in [0, 0.1) is 0 Å². The molecule has 1 fully saturated rings. The predicted molar refractivity (Wildman–Crippen MR) is 47.6 cm³/mol. The smallest absolute Gasteiger partial charge is 0.0575 e. The van der Waals surface area contributed by atoms with Crippen molar-refractivity contribution < 1.29 is 4.74 Å². The molecule has 1 aliphatic rings. The summed E-state index contributed by atoms with van der Waals surface area (Å²) in [7, 11) is 0. The van der Waals surface area contributed by atoms with Gasteiger partial charge in [0.2, 0.25) is 0 Å². The predicted octanol–water partition coefficient (Wildman–Crippen LogP) is 2.91. The molecule has 1 nitrogen and oxygen atoms in total. The van der Waals surface area contributed by atoms with Gasteiger partial charge in [0.25, 0.3) is 0 Å². The van der Waals surface area contributed by atoms with Crippen molar-refractivity contribution in [2.24, 2.45) is 0 Å². The van der Waals surface area contributed by atoms with Crippen molar-refractivity contribution >= 4 is 0 Å². The summed E-state index contributed by atoms with van der Waals surface area (Å²) in [5.74, 6) is 0. The lowest BCUT2D eigenvalue weighted by Gasteiger charge is -2.09. The molecule has 1 aliphatic carbocycles. The molecule has 0 bridgehead atoms. The Kier molecular flexibility index (Phi) is 4.29. The summed E-state index contributed by atoms with van der Waals surface area (Å²) in [6, 6.07) is 0. The molecule has 0 heterocycles. The molecule has 0 atom stereocenters. The molecule has 1 saturated carbocycles. The fourth-order valence-corrected chi connectivity index (χ4v) is 1.53. The molecule has 0 unspecified atom stereocenters. The zero-order valence-electron chi connectivity index (χ0n) is 7.22. The Morgan fingerprint density at radius 2 is 2.09 bits per heavy atom. The third kappa shape index (κ3) is 3.57. The number of unbranched alkanes of at least 4 members (excludes halogenated alkanes) is 1. The van der Waals surface area contributed by atoms with Crippen LogP contribution in [0.25, 0.3) is 0 Å². The lowest BCUT2D eigenvalue weighted by Crippen LogP contribution is -2.07. The minimum absolute atomic E-state index is 0.583. The minimum Gasteiger partial charge on any atom is -0.378 e. The number of allylic oxidation sites excluding steroid dienone is 1. The van der Waals surface area contributed by atoms with Crippen molar-refractivity contribution in [2.45, 2.75) is 44.6 Å². The first-order valence-electron chi connectivity index (χ1n) is 4.66. The summed E-state index contributed by atoms with van der Waals surface area (Å²) in [5, 5.41) is 0. The topological polar surface area (TPSA) is 9.23 Å². The van der Waals surface area contributed by atoms with Crippen LogP contribution in [-0.2, 0) is 4.74 Å². The highest BCUT2D eigenvalue weighted by Crippen LogP contribution is 2.20. The van der Waals surface area contributed by atoms with Crippen LogP contribution in [0.2, 0.25) is 0 Å². The van der Waals surface area contributed by atoms with E-state index >= 15 is 0 Å². The zero-order valence-corrected chi connectivity index (χ0v) is 7.22. The van der Waals surface area contributed by atoms with Gasteiger partial charge in [0.1, 0.15) is 0 Å². The number of hydrogen-bond donors (Lipinski definition) is 0. The molecule has 0 amide bonds. The van der Waals surface area contributed by atoms with Gasteiger partial charge in [-0.3, -0.25) is 0 Å². The first kappa shape index (κ1) is 8.79. The van der Waals surface area contributed by atoms with E-state index in [2.05, 4.69) is 6.58 Å². The van der Waals surface area contributed by atoms with E-state index in [4.69, 9.17) is 4.74 Å². The second-order valence-corrected chi connectivity index (χ2v) is 3.21. The molecule has 64 valence electrons. The highest BCUT2D eigenvalue weighted by Gasteiger charge is 2.14. The normalized spacial score (nSPS) is 18.9. The van der Waals surface area contributed by atoms with E-state index in [0.717, 1.165) is 19.4 Å². The van der Waals surface area contributed by atoms with Crippen molar-refractivity contribution in [3.8, 4) is 0 Å². The van der Waals surface area contributed by atoms with Gasteiger partial charge in [-0.1, -0.05) is 18.9 Å². The molecule has 1 rings (SSSR count). The Morgan fingerprint density at radius 3 is 2.73 bits per heavy atom. The van der Waals surface area contributed by atoms with Gasteiger partial charge in [-0.2, -0.15) is 0 Å². The average molecular weight is 154 g/mol. The molecule has 0 aromatic carbocycles. The van der Waals surface area contributed by atoms with Crippen LogP contribution in [0.15, 0.2) is 12.7 Å². The molecule has 0 aromatic rings. The average Bonchev–Trinajstić information content (AvgIpc) is 2.50. The lowest BCUT2D eigenvalue weighted by atomic mass is 10.3. The molecule has 0 aliphatic heterocycles. The molecular weight excluding hydrogens is 136 g/mol. The van der Waals surface area contributed by atoms with E-state index < -0.39 is 0 Å². The molecule has 0 spiro atoms. The molecule has 0 N–H and O–H groups in total. The highest BCUT2D eigenvalue weighted by molar-refractivity contribution is 4.68. The Labute approximate surface area is 69.4 Å². The highest BCUT2D eigenvalue weighted by atomic mass is 16.5. The maximum absolute atomic E-state index is 5.66. The molecule has 0 saturated heterocycles. The van der Waals surface area contributed by atoms with Gasteiger partial charge in [0, 0.05) is 6.61 Å². The third-order valence-corrected chi connectivity index (χ3v) is 2.21.